The van der Waals surface area contributed by atoms with Crippen molar-refractivity contribution in [2.24, 2.45) is 0 Å². The Kier molecular flexibility index (Phi) is 11.2. The first kappa shape index (κ1) is 23.2. The predicted molar refractivity (Wildman–Crippen MR) is 111 cm³/mol. The lowest BCUT2D eigenvalue weighted by Gasteiger charge is -2.28. The molecule has 1 aromatic carbocycles. The van der Waals surface area contributed by atoms with Crippen molar-refractivity contribution >= 4 is 46.4 Å². The van der Waals surface area contributed by atoms with Crippen LogP contribution in [0.15, 0.2) is 24.3 Å². The Hall–Kier alpha value is -0.840. The lowest BCUT2D eigenvalue weighted by atomic mass is 10.1. The zero-order valence-electron chi connectivity index (χ0n) is 15.5. The molecular weight excluding hydrogens is 395 g/mol. The highest BCUT2D eigenvalue weighted by Gasteiger charge is 2.34. The summed E-state index contributed by atoms with van der Waals surface area (Å²) in [7, 11) is 1.56. The summed E-state index contributed by atoms with van der Waals surface area (Å²) in [5.74, 6) is 0.463. The third kappa shape index (κ3) is 9.20. The number of unbranched alkanes of at least 4 members (excludes halogenated alkanes) is 6. The molecule has 0 saturated heterocycles. The number of para-hydroxylation sites is 2. The van der Waals surface area contributed by atoms with Crippen LogP contribution in [0.5, 0.6) is 5.75 Å². The summed E-state index contributed by atoms with van der Waals surface area (Å²) in [6.45, 7) is 2.20. The van der Waals surface area contributed by atoms with Gasteiger partial charge in [-0.15, -0.1) is 0 Å². The van der Waals surface area contributed by atoms with Crippen LogP contribution in [-0.4, -0.2) is 23.0 Å². The van der Waals surface area contributed by atoms with Gasteiger partial charge in [-0.1, -0.05) is 92.4 Å². The number of benzene rings is 1. The summed E-state index contributed by atoms with van der Waals surface area (Å²) in [6.07, 6.45) is 7.58. The van der Waals surface area contributed by atoms with Crippen LogP contribution in [0.3, 0.4) is 0 Å². The quantitative estimate of drug-likeness (QED) is 0.244. The van der Waals surface area contributed by atoms with Crippen molar-refractivity contribution in [2.75, 3.05) is 12.4 Å². The highest BCUT2D eigenvalue weighted by Crippen LogP contribution is 2.33. The molecule has 1 atom stereocenters. The zero-order chi connectivity index (χ0) is 19.4. The molecule has 4 nitrogen and oxygen atoms in total. The summed E-state index contributed by atoms with van der Waals surface area (Å²) in [5, 5.41) is 5.81. The van der Waals surface area contributed by atoms with E-state index in [2.05, 4.69) is 17.6 Å². The largest absolute Gasteiger partial charge is 0.495 e. The molecule has 0 radical (unpaired) electrons. The Morgan fingerprint density at radius 2 is 1.69 bits per heavy atom. The van der Waals surface area contributed by atoms with Gasteiger partial charge in [-0.2, -0.15) is 0 Å². The normalized spacial score (nSPS) is 12.5. The third-order valence-electron chi connectivity index (χ3n) is 4.05. The van der Waals surface area contributed by atoms with Gasteiger partial charge in [0.2, 0.25) is 9.70 Å². The SMILES string of the molecule is CCCCCCCCCC(=O)N[C@@H](Nc1ccccc1OC)C(Cl)(Cl)Cl. The highest BCUT2D eigenvalue weighted by molar-refractivity contribution is 6.68. The molecule has 148 valence electrons. The number of alkyl halides is 3. The van der Waals surface area contributed by atoms with E-state index in [1.807, 2.05) is 12.1 Å². The molecule has 2 N–H and O–H groups in total. The molecule has 0 fully saturated rings. The fourth-order valence-electron chi connectivity index (χ4n) is 2.59. The molecule has 0 aromatic heterocycles. The summed E-state index contributed by atoms with van der Waals surface area (Å²) in [6, 6.07) is 7.26. The van der Waals surface area contributed by atoms with Crippen LogP contribution in [-0.2, 0) is 4.79 Å². The Labute approximate surface area is 171 Å². The van der Waals surface area contributed by atoms with Crippen LogP contribution in [0.4, 0.5) is 5.69 Å². The average molecular weight is 424 g/mol. The maximum atomic E-state index is 12.2. The van der Waals surface area contributed by atoms with E-state index in [9.17, 15) is 4.79 Å². The van der Waals surface area contributed by atoms with E-state index < -0.39 is 9.96 Å². The molecule has 1 aromatic rings. The molecule has 0 aliphatic heterocycles. The minimum absolute atomic E-state index is 0.141. The van der Waals surface area contributed by atoms with Crippen molar-refractivity contribution in [1.82, 2.24) is 5.32 Å². The van der Waals surface area contributed by atoms with Crippen molar-refractivity contribution in [3.05, 3.63) is 24.3 Å². The van der Waals surface area contributed by atoms with Crippen LogP contribution in [0.25, 0.3) is 0 Å². The minimum atomic E-state index is -1.70. The fourth-order valence-corrected chi connectivity index (χ4v) is 2.92. The number of anilines is 1. The standard InChI is InChI=1S/C19H29Cl3N2O2/c1-3-4-5-6-7-8-9-14-17(25)24-18(19(20,21)22)23-15-12-10-11-13-16(15)26-2/h10-13,18,23H,3-9,14H2,1-2H3,(H,24,25)/t18-/m1/s1. The van der Waals surface area contributed by atoms with Crippen molar-refractivity contribution in [2.45, 2.75) is 68.2 Å². The van der Waals surface area contributed by atoms with E-state index in [4.69, 9.17) is 39.5 Å². The molecule has 7 heteroatoms. The van der Waals surface area contributed by atoms with E-state index >= 15 is 0 Å². The van der Waals surface area contributed by atoms with E-state index in [0.29, 0.717) is 17.9 Å². The summed E-state index contributed by atoms with van der Waals surface area (Å²) >= 11 is 18.1. The highest BCUT2D eigenvalue weighted by atomic mass is 35.6. The number of carbonyl (C=O) groups is 1. The maximum absolute atomic E-state index is 12.2. The molecule has 1 rings (SSSR count). The van der Waals surface area contributed by atoms with Crippen LogP contribution in [0.2, 0.25) is 0 Å². The molecule has 26 heavy (non-hydrogen) atoms. The third-order valence-corrected chi connectivity index (χ3v) is 4.70. The lowest BCUT2D eigenvalue weighted by molar-refractivity contribution is -0.121. The zero-order valence-corrected chi connectivity index (χ0v) is 17.8. The smallest absolute Gasteiger partial charge is 0.228 e. The van der Waals surface area contributed by atoms with Crippen LogP contribution in [0, 0.1) is 0 Å². The van der Waals surface area contributed by atoms with Crippen molar-refractivity contribution in [3.63, 3.8) is 0 Å². The number of halogens is 3. The van der Waals surface area contributed by atoms with Gasteiger partial charge in [0.25, 0.3) is 0 Å². The first-order valence-corrected chi connectivity index (χ1v) is 10.3. The maximum Gasteiger partial charge on any atom is 0.228 e. The Bertz CT molecular complexity index is 536. The Morgan fingerprint density at radius 1 is 1.08 bits per heavy atom. The average Bonchev–Trinajstić information content (AvgIpc) is 2.60. The number of carbonyl (C=O) groups excluding carboxylic acids is 1. The molecule has 0 bridgehead atoms. The predicted octanol–water partition coefficient (Wildman–Crippen LogP) is 6.06. The molecule has 0 heterocycles. The van der Waals surface area contributed by atoms with Gasteiger partial charge in [-0.3, -0.25) is 4.79 Å². The number of hydrogen-bond acceptors (Lipinski definition) is 3. The van der Waals surface area contributed by atoms with Gasteiger partial charge < -0.3 is 15.4 Å². The fraction of sp³-hybridized carbons (Fsp3) is 0.632. The van der Waals surface area contributed by atoms with Crippen molar-refractivity contribution < 1.29 is 9.53 Å². The van der Waals surface area contributed by atoms with Gasteiger partial charge in [0.15, 0.2) is 0 Å². The van der Waals surface area contributed by atoms with Crippen molar-refractivity contribution in [3.8, 4) is 5.75 Å². The molecular formula is C19H29Cl3N2O2. The number of nitrogens with one attached hydrogen (secondary N) is 2. The van der Waals surface area contributed by atoms with E-state index in [1.165, 1.54) is 25.7 Å². The number of amides is 1. The molecule has 0 aliphatic carbocycles. The molecule has 0 saturated carbocycles. The van der Waals surface area contributed by atoms with Gasteiger partial charge in [0.05, 0.1) is 12.8 Å². The van der Waals surface area contributed by atoms with Gasteiger partial charge in [0.1, 0.15) is 11.9 Å². The second-order valence-electron chi connectivity index (χ2n) is 6.26. The molecule has 1 amide bonds. The second kappa shape index (κ2) is 12.5. The molecule has 0 spiro atoms. The minimum Gasteiger partial charge on any atom is -0.495 e. The Morgan fingerprint density at radius 3 is 2.31 bits per heavy atom. The number of hydrogen-bond donors (Lipinski definition) is 2. The van der Waals surface area contributed by atoms with E-state index in [-0.39, 0.29) is 5.91 Å². The van der Waals surface area contributed by atoms with E-state index in [1.54, 1.807) is 19.2 Å². The van der Waals surface area contributed by atoms with Gasteiger partial charge in [-0.05, 0) is 18.6 Å². The van der Waals surface area contributed by atoms with Gasteiger partial charge in [-0.25, -0.2) is 0 Å². The van der Waals surface area contributed by atoms with Crippen LogP contribution >= 0.6 is 34.8 Å². The number of rotatable bonds is 12. The van der Waals surface area contributed by atoms with Crippen LogP contribution in [0.1, 0.15) is 58.3 Å². The lowest BCUT2D eigenvalue weighted by Crippen LogP contribution is -2.49. The van der Waals surface area contributed by atoms with Gasteiger partial charge in [0, 0.05) is 6.42 Å². The molecule has 0 unspecified atom stereocenters. The first-order chi connectivity index (χ1) is 12.4. The Balaban J connectivity index is 2.48. The topological polar surface area (TPSA) is 50.4 Å². The number of methoxy groups -OCH3 is 1. The monoisotopic (exact) mass is 422 g/mol. The second-order valence-corrected chi connectivity index (χ2v) is 8.63. The van der Waals surface area contributed by atoms with Gasteiger partial charge >= 0.3 is 0 Å². The first-order valence-electron chi connectivity index (χ1n) is 9.14. The van der Waals surface area contributed by atoms with Crippen LogP contribution < -0.4 is 15.4 Å². The van der Waals surface area contributed by atoms with E-state index in [0.717, 1.165) is 19.3 Å². The number of ether oxygens (including phenoxy) is 1. The summed E-state index contributed by atoms with van der Waals surface area (Å²) in [4.78, 5) is 12.2. The summed E-state index contributed by atoms with van der Waals surface area (Å²) < 4.78 is 3.58. The molecule has 0 aliphatic rings. The van der Waals surface area contributed by atoms with Crippen molar-refractivity contribution in [1.29, 1.82) is 0 Å². The summed E-state index contributed by atoms with van der Waals surface area (Å²) in [5.41, 5.74) is 0.641.